The van der Waals surface area contributed by atoms with Gasteiger partial charge in [-0.3, -0.25) is 4.79 Å². The van der Waals surface area contributed by atoms with Crippen molar-refractivity contribution < 1.29 is 14.3 Å². The number of hydrogen-bond acceptors (Lipinski definition) is 4. The van der Waals surface area contributed by atoms with Gasteiger partial charge < -0.3 is 19.9 Å². The van der Waals surface area contributed by atoms with Gasteiger partial charge in [-0.2, -0.15) is 0 Å². The summed E-state index contributed by atoms with van der Waals surface area (Å²) in [6, 6.07) is 21.1. The van der Waals surface area contributed by atoms with Crippen molar-refractivity contribution in [2.75, 3.05) is 25.0 Å². The van der Waals surface area contributed by atoms with Crippen LogP contribution in [0.1, 0.15) is 23.3 Å². The van der Waals surface area contributed by atoms with Gasteiger partial charge in [-0.15, -0.1) is 11.3 Å². The Kier molecular flexibility index (Phi) is 8.73. The van der Waals surface area contributed by atoms with Crippen LogP contribution in [0.5, 0.6) is 0 Å². The van der Waals surface area contributed by atoms with E-state index in [1.807, 2.05) is 77.0 Å². The van der Waals surface area contributed by atoms with E-state index in [1.54, 1.807) is 16.2 Å². The monoisotopic (exact) mass is 541 g/mol. The summed E-state index contributed by atoms with van der Waals surface area (Å²) in [5, 5.41) is 4.94. The number of amides is 3. The highest BCUT2D eigenvalue weighted by Crippen LogP contribution is 2.19. The molecule has 4 rings (SSSR count). The molecule has 3 aromatic rings. The number of hydrogen-bond donors (Lipinski definition) is 1. The van der Waals surface area contributed by atoms with Crippen LogP contribution in [0, 0.1) is 0 Å². The van der Waals surface area contributed by atoms with Crippen LogP contribution < -0.4 is 5.32 Å². The molecule has 6 nitrogen and oxygen atoms in total. The number of urea groups is 1. The number of rotatable bonds is 9. The molecular formula is C26H28BrN3O3S. The largest absolute Gasteiger partial charge is 0.376 e. The van der Waals surface area contributed by atoms with Crippen LogP contribution >= 0.6 is 27.3 Å². The van der Waals surface area contributed by atoms with Crippen molar-refractivity contribution in [3.8, 4) is 0 Å². The normalized spacial score (nSPS) is 15.1. The fraction of sp³-hybridized carbons (Fsp3) is 0.308. The lowest BCUT2D eigenvalue weighted by Gasteiger charge is -2.29. The molecule has 1 aromatic heterocycles. The molecule has 1 aliphatic heterocycles. The van der Waals surface area contributed by atoms with E-state index >= 15 is 0 Å². The number of halogens is 1. The van der Waals surface area contributed by atoms with Gasteiger partial charge in [-0.25, -0.2) is 4.79 Å². The number of anilines is 1. The van der Waals surface area contributed by atoms with E-state index in [9.17, 15) is 9.59 Å². The smallest absolute Gasteiger partial charge is 0.322 e. The lowest BCUT2D eigenvalue weighted by molar-refractivity contribution is -0.133. The molecule has 8 heteroatoms. The van der Waals surface area contributed by atoms with Gasteiger partial charge in [0.05, 0.1) is 12.6 Å². The maximum Gasteiger partial charge on any atom is 0.322 e. The number of thiophene rings is 1. The van der Waals surface area contributed by atoms with Crippen LogP contribution in [0.2, 0.25) is 0 Å². The molecule has 1 unspecified atom stereocenters. The Morgan fingerprint density at radius 3 is 2.59 bits per heavy atom. The molecule has 0 bridgehead atoms. The van der Waals surface area contributed by atoms with E-state index in [1.165, 1.54) is 0 Å². The second-order valence-electron chi connectivity index (χ2n) is 8.27. The van der Waals surface area contributed by atoms with Crippen LogP contribution in [0.25, 0.3) is 0 Å². The molecule has 2 aromatic carbocycles. The van der Waals surface area contributed by atoms with Crippen molar-refractivity contribution in [3.63, 3.8) is 0 Å². The third-order valence-corrected chi connectivity index (χ3v) is 6.99. The highest BCUT2D eigenvalue weighted by molar-refractivity contribution is 9.10. The second kappa shape index (κ2) is 12.1. The van der Waals surface area contributed by atoms with Crippen LogP contribution in [0.4, 0.5) is 10.5 Å². The van der Waals surface area contributed by atoms with Crippen molar-refractivity contribution in [1.82, 2.24) is 9.80 Å². The number of nitrogens with zero attached hydrogens (tertiary/aromatic N) is 2. The molecule has 1 aliphatic rings. The molecule has 1 fully saturated rings. The summed E-state index contributed by atoms with van der Waals surface area (Å²) in [7, 11) is 0. The standard InChI is InChI=1S/C26H28BrN3O3S/c27-21-9-4-10-22(15-21)28-26(32)30(17-23-11-5-13-33-23)19-25(31)29(18-24-12-6-14-34-24)16-20-7-2-1-3-8-20/h1-4,6-10,12,14-15,23H,5,11,13,16-19H2,(H,28,32). The molecule has 34 heavy (non-hydrogen) atoms. The van der Waals surface area contributed by atoms with E-state index in [-0.39, 0.29) is 24.6 Å². The van der Waals surface area contributed by atoms with E-state index in [0.29, 0.717) is 31.9 Å². The van der Waals surface area contributed by atoms with Gasteiger partial charge in [-0.05, 0) is 48.1 Å². The summed E-state index contributed by atoms with van der Waals surface area (Å²) in [6.07, 6.45) is 1.80. The summed E-state index contributed by atoms with van der Waals surface area (Å²) >= 11 is 5.06. The third-order valence-electron chi connectivity index (χ3n) is 5.63. The van der Waals surface area contributed by atoms with Gasteiger partial charge >= 0.3 is 6.03 Å². The summed E-state index contributed by atoms with van der Waals surface area (Å²) in [6.45, 7) is 2.05. The van der Waals surface area contributed by atoms with E-state index in [4.69, 9.17) is 4.74 Å². The van der Waals surface area contributed by atoms with Gasteiger partial charge in [0.1, 0.15) is 6.54 Å². The number of nitrogens with one attached hydrogen (secondary N) is 1. The number of carbonyl (C=O) groups excluding carboxylic acids is 2. The predicted molar refractivity (Wildman–Crippen MR) is 139 cm³/mol. The first-order valence-corrected chi connectivity index (χ1v) is 13.0. The average molecular weight is 542 g/mol. The summed E-state index contributed by atoms with van der Waals surface area (Å²) < 4.78 is 6.65. The summed E-state index contributed by atoms with van der Waals surface area (Å²) in [5.74, 6) is -0.0976. The lowest BCUT2D eigenvalue weighted by Crippen LogP contribution is -2.46. The zero-order valence-corrected chi connectivity index (χ0v) is 21.3. The first-order chi connectivity index (χ1) is 16.6. The molecule has 1 N–H and O–H groups in total. The minimum Gasteiger partial charge on any atom is -0.376 e. The molecular weight excluding hydrogens is 514 g/mol. The van der Waals surface area contributed by atoms with Gasteiger partial charge in [0, 0.05) is 34.7 Å². The Labute approximate surface area is 212 Å². The lowest BCUT2D eigenvalue weighted by atomic mass is 10.2. The Bertz CT molecular complexity index is 1070. The minimum atomic E-state index is -0.308. The molecule has 0 aliphatic carbocycles. The predicted octanol–water partition coefficient (Wildman–Crippen LogP) is 5.75. The van der Waals surface area contributed by atoms with Crippen molar-refractivity contribution in [1.29, 1.82) is 0 Å². The topological polar surface area (TPSA) is 61.9 Å². The maximum absolute atomic E-state index is 13.5. The summed E-state index contributed by atoms with van der Waals surface area (Å²) in [4.78, 5) is 31.2. The van der Waals surface area contributed by atoms with E-state index in [0.717, 1.165) is 27.8 Å². The number of carbonyl (C=O) groups is 2. The van der Waals surface area contributed by atoms with Crippen LogP contribution in [0.3, 0.4) is 0 Å². The zero-order valence-electron chi connectivity index (χ0n) is 18.9. The van der Waals surface area contributed by atoms with Gasteiger partial charge in [0.15, 0.2) is 0 Å². The first-order valence-electron chi connectivity index (χ1n) is 11.3. The van der Waals surface area contributed by atoms with Crippen LogP contribution in [-0.2, 0) is 22.6 Å². The first kappa shape index (κ1) is 24.4. The molecule has 1 atom stereocenters. The van der Waals surface area contributed by atoms with Crippen molar-refractivity contribution in [2.45, 2.75) is 32.0 Å². The Hall–Kier alpha value is -2.68. The number of benzene rings is 2. The van der Waals surface area contributed by atoms with Crippen molar-refractivity contribution in [2.24, 2.45) is 0 Å². The second-order valence-corrected chi connectivity index (χ2v) is 10.2. The summed E-state index contributed by atoms with van der Waals surface area (Å²) in [5.41, 5.74) is 1.72. The van der Waals surface area contributed by atoms with Gasteiger partial charge in [-0.1, -0.05) is 58.4 Å². The Morgan fingerprint density at radius 1 is 1.03 bits per heavy atom. The molecule has 0 spiro atoms. The maximum atomic E-state index is 13.5. The molecule has 0 saturated carbocycles. The SMILES string of the molecule is O=C(CN(CC1CCCO1)C(=O)Nc1cccc(Br)c1)N(Cc1ccccc1)Cc1cccs1. The van der Waals surface area contributed by atoms with Crippen LogP contribution in [-0.4, -0.2) is 47.5 Å². The zero-order chi connectivity index (χ0) is 23.8. The van der Waals surface area contributed by atoms with E-state index in [2.05, 4.69) is 21.2 Å². The highest BCUT2D eigenvalue weighted by atomic mass is 79.9. The van der Waals surface area contributed by atoms with Crippen molar-refractivity contribution in [3.05, 3.63) is 87.0 Å². The van der Waals surface area contributed by atoms with E-state index < -0.39 is 0 Å². The fourth-order valence-corrected chi connectivity index (χ4v) is 5.03. The number of ether oxygens (including phenoxy) is 1. The fourth-order valence-electron chi connectivity index (χ4n) is 3.91. The minimum absolute atomic E-state index is 0.0160. The van der Waals surface area contributed by atoms with Gasteiger partial charge in [0.2, 0.25) is 5.91 Å². The van der Waals surface area contributed by atoms with Crippen LogP contribution in [0.15, 0.2) is 76.6 Å². The third kappa shape index (κ3) is 7.16. The average Bonchev–Trinajstić information content (AvgIpc) is 3.53. The highest BCUT2D eigenvalue weighted by Gasteiger charge is 2.27. The Morgan fingerprint density at radius 2 is 1.88 bits per heavy atom. The molecule has 178 valence electrons. The van der Waals surface area contributed by atoms with Gasteiger partial charge in [0.25, 0.3) is 0 Å². The Balaban J connectivity index is 1.50. The molecule has 3 amide bonds. The quantitative estimate of drug-likeness (QED) is 0.375. The molecule has 0 radical (unpaired) electrons. The van der Waals surface area contributed by atoms with Crippen molar-refractivity contribution >= 4 is 44.9 Å². The molecule has 1 saturated heterocycles. The molecule has 2 heterocycles.